The smallest absolute Gasteiger partial charge is 0.270 e. The molecule has 1 aromatic heterocycles. The molecule has 1 N–H and O–H groups in total. The molecule has 0 spiro atoms. The molecule has 0 atom stereocenters. The van der Waals surface area contributed by atoms with E-state index in [4.69, 9.17) is 23.2 Å². The predicted octanol–water partition coefficient (Wildman–Crippen LogP) is 2.46. The number of piperazine rings is 1. The first-order chi connectivity index (χ1) is 13.0. The van der Waals surface area contributed by atoms with Crippen LogP contribution in [0, 0.1) is 0 Å². The lowest BCUT2D eigenvalue weighted by molar-refractivity contribution is -0.131. The van der Waals surface area contributed by atoms with Crippen molar-refractivity contribution in [2.75, 3.05) is 32.7 Å². The van der Waals surface area contributed by atoms with Crippen molar-refractivity contribution in [3.63, 3.8) is 0 Å². The number of aromatic nitrogens is 1. The Morgan fingerprint density at radius 3 is 2.48 bits per heavy atom. The molecule has 2 aromatic rings. The van der Waals surface area contributed by atoms with Crippen LogP contribution in [0.1, 0.15) is 16.1 Å². The maximum Gasteiger partial charge on any atom is 0.270 e. The number of halogens is 2. The summed E-state index contributed by atoms with van der Waals surface area (Å²) in [7, 11) is 0. The minimum absolute atomic E-state index is 0.0542. The van der Waals surface area contributed by atoms with Crippen LogP contribution in [0.3, 0.4) is 0 Å². The predicted molar refractivity (Wildman–Crippen MR) is 105 cm³/mol. The average molecular weight is 407 g/mol. The number of rotatable bonds is 5. The molecule has 1 fully saturated rings. The number of carbonyl (C=O) groups is 2. The molecule has 0 radical (unpaired) electrons. The van der Waals surface area contributed by atoms with E-state index >= 15 is 0 Å². The van der Waals surface area contributed by atoms with Gasteiger partial charge in [0.1, 0.15) is 5.69 Å². The van der Waals surface area contributed by atoms with E-state index in [1.807, 2.05) is 24.3 Å². The van der Waals surface area contributed by atoms with Gasteiger partial charge in [-0.25, -0.2) is 0 Å². The Balaban J connectivity index is 1.43. The number of amides is 2. The van der Waals surface area contributed by atoms with E-state index in [0.717, 1.165) is 30.2 Å². The molecule has 8 heteroatoms. The van der Waals surface area contributed by atoms with Crippen LogP contribution in [-0.2, 0) is 11.3 Å². The van der Waals surface area contributed by atoms with Crippen LogP contribution in [-0.4, -0.2) is 59.3 Å². The standard InChI is InChI=1S/C19H20Cl2N4O2/c20-15-3-1-2-14(10-15)13-24-6-8-25(9-7-24)18(26)12-23-19(27)17-11-16(21)4-5-22-17/h1-5,10-11H,6-9,12-13H2,(H,23,27). The molecule has 0 bridgehead atoms. The van der Waals surface area contributed by atoms with Gasteiger partial charge in [0, 0.05) is 49.0 Å². The minimum Gasteiger partial charge on any atom is -0.342 e. The zero-order chi connectivity index (χ0) is 19.2. The fraction of sp³-hybridized carbons (Fsp3) is 0.316. The van der Waals surface area contributed by atoms with Crippen LogP contribution in [0.4, 0.5) is 0 Å². The van der Waals surface area contributed by atoms with Crippen LogP contribution in [0.15, 0.2) is 42.6 Å². The molecular formula is C19H20Cl2N4O2. The highest BCUT2D eigenvalue weighted by molar-refractivity contribution is 6.31. The molecule has 3 rings (SSSR count). The van der Waals surface area contributed by atoms with E-state index in [-0.39, 0.29) is 18.1 Å². The fourth-order valence-corrected chi connectivity index (χ4v) is 3.31. The third-order valence-electron chi connectivity index (χ3n) is 4.37. The number of nitrogens with one attached hydrogen (secondary N) is 1. The van der Waals surface area contributed by atoms with Crippen molar-refractivity contribution in [3.05, 3.63) is 63.9 Å². The van der Waals surface area contributed by atoms with E-state index in [1.165, 1.54) is 12.3 Å². The highest BCUT2D eigenvalue weighted by Crippen LogP contribution is 2.14. The lowest BCUT2D eigenvalue weighted by Crippen LogP contribution is -2.50. The molecule has 1 aliphatic heterocycles. The first-order valence-electron chi connectivity index (χ1n) is 8.65. The SMILES string of the molecule is O=C(NCC(=O)N1CCN(Cc2cccc(Cl)c2)CC1)c1cc(Cl)ccn1. The summed E-state index contributed by atoms with van der Waals surface area (Å²) >= 11 is 11.9. The maximum atomic E-state index is 12.3. The minimum atomic E-state index is -0.412. The summed E-state index contributed by atoms with van der Waals surface area (Å²) in [5, 5.41) is 3.76. The second-order valence-corrected chi connectivity index (χ2v) is 7.20. The first kappa shape index (κ1) is 19.6. The average Bonchev–Trinajstić information content (AvgIpc) is 2.66. The molecular weight excluding hydrogens is 387 g/mol. The van der Waals surface area contributed by atoms with Gasteiger partial charge in [0.25, 0.3) is 5.91 Å². The van der Waals surface area contributed by atoms with Gasteiger partial charge < -0.3 is 10.2 Å². The van der Waals surface area contributed by atoms with Crippen LogP contribution in [0.25, 0.3) is 0 Å². The molecule has 6 nitrogen and oxygen atoms in total. The van der Waals surface area contributed by atoms with Gasteiger partial charge >= 0.3 is 0 Å². The normalized spacial score (nSPS) is 14.8. The molecule has 1 aromatic carbocycles. The van der Waals surface area contributed by atoms with Gasteiger partial charge in [-0.1, -0.05) is 35.3 Å². The first-order valence-corrected chi connectivity index (χ1v) is 9.41. The summed E-state index contributed by atoms with van der Waals surface area (Å²) < 4.78 is 0. The van der Waals surface area contributed by atoms with E-state index < -0.39 is 5.91 Å². The molecule has 0 unspecified atom stereocenters. The second kappa shape index (κ2) is 9.17. The van der Waals surface area contributed by atoms with Crippen LogP contribution in [0.2, 0.25) is 10.0 Å². The Morgan fingerprint density at radius 1 is 1.04 bits per heavy atom. The number of carbonyl (C=O) groups excluding carboxylic acids is 2. The molecule has 142 valence electrons. The van der Waals surface area contributed by atoms with Crippen molar-refractivity contribution in [3.8, 4) is 0 Å². The van der Waals surface area contributed by atoms with Crippen molar-refractivity contribution in [1.82, 2.24) is 20.1 Å². The topological polar surface area (TPSA) is 65.5 Å². The molecule has 0 saturated carbocycles. The number of pyridine rings is 1. The van der Waals surface area contributed by atoms with Crippen molar-refractivity contribution in [2.24, 2.45) is 0 Å². The lowest BCUT2D eigenvalue weighted by atomic mass is 10.2. The Hall–Kier alpha value is -2.15. The van der Waals surface area contributed by atoms with E-state index in [9.17, 15) is 9.59 Å². The molecule has 27 heavy (non-hydrogen) atoms. The van der Waals surface area contributed by atoms with Crippen LogP contribution >= 0.6 is 23.2 Å². The number of nitrogens with zero attached hydrogens (tertiary/aromatic N) is 3. The van der Waals surface area contributed by atoms with Crippen LogP contribution < -0.4 is 5.32 Å². The third kappa shape index (κ3) is 5.66. The largest absolute Gasteiger partial charge is 0.342 e. The second-order valence-electron chi connectivity index (χ2n) is 6.33. The molecule has 0 aliphatic carbocycles. The summed E-state index contributed by atoms with van der Waals surface area (Å²) in [4.78, 5) is 32.4. The number of hydrogen-bond donors (Lipinski definition) is 1. The maximum absolute atomic E-state index is 12.3. The Morgan fingerprint density at radius 2 is 1.78 bits per heavy atom. The van der Waals surface area contributed by atoms with Gasteiger partial charge in [-0.3, -0.25) is 19.5 Å². The Kier molecular flexibility index (Phi) is 6.66. The summed E-state index contributed by atoms with van der Waals surface area (Å²) in [5.41, 5.74) is 1.35. The summed E-state index contributed by atoms with van der Waals surface area (Å²) in [5.74, 6) is -0.516. The van der Waals surface area contributed by atoms with Crippen molar-refractivity contribution < 1.29 is 9.59 Å². The van der Waals surface area contributed by atoms with Gasteiger partial charge in [-0.15, -0.1) is 0 Å². The fourth-order valence-electron chi connectivity index (χ4n) is 2.94. The summed E-state index contributed by atoms with van der Waals surface area (Å²) in [6.07, 6.45) is 1.46. The number of hydrogen-bond acceptors (Lipinski definition) is 4. The van der Waals surface area contributed by atoms with Gasteiger partial charge in [-0.2, -0.15) is 0 Å². The Bertz CT molecular complexity index is 823. The highest BCUT2D eigenvalue weighted by atomic mass is 35.5. The summed E-state index contributed by atoms with van der Waals surface area (Å²) in [6, 6.07) is 10.9. The van der Waals surface area contributed by atoms with Gasteiger partial charge in [0.2, 0.25) is 5.91 Å². The zero-order valence-corrected chi connectivity index (χ0v) is 16.2. The van der Waals surface area contributed by atoms with Gasteiger partial charge in [-0.05, 0) is 29.8 Å². The monoisotopic (exact) mass is 406 g/mol. The highest BCUT2D eigenvalue weighted by Gasteiger charge is 2.21. The van der Waals surface area contributed by atoms with E-state index in [0.29, 0.717) is 18.1 Å². The molecule has 1 aliphatic rings. The quantitative estimate of drug-likeness (QED) is 0.827. The Labute approximate surface area is 168 Å². The molecule has 2 amide bonds. The van der Waals surface area contributed by atoms with E-state index in [1.54, 1.807) is 11.0 Å². The summed E-state index contributed by atoms with van der Waals surface area (Å²) in [6.45, 7) is 3.57. The number of benzene rings is 1. The van der Waals surface area contributed by atoms with E-state index in [2.05, 4.69) is 15.2 Å². The lowest BCUT2D eigenvalue weighted by Gasteiger charge is -2.34. The van der Waals surface area contributed by atoms with Gasteiger partial charge in [0.05, 0.1) is 6.54 Å². The van der Waals surface area contributed by atoms with Gasteiger partial charge in [0.15, 0.2) is 0 Å². The van der Waals surface area contributed by atoms with Crippen LogP contribution in [0.5, 0.6) is 0 Å². The molecule has 2 heterocycles. The third-order valence-corrected chi connectivity index (χ3v) is 4.85. The molecule has 1 saturated heterocycles. The van der Waals surface area contributed by atoms with Crippen molar-refractivity contribution >= 4 is 35.0 Å². The van der Waals surface area contributed by atoms with Crippen molar-refractivity contribution in [1.29, 1.82) is 0 Å². The van der Waals surface area contributed by atoms with Crippen molar-refractivity contribution in [2.45, 2.75) is 6.54 Å². The zero-order valence-electron chi connectivity index (χ0n) is 14.7.